The molecule has 0 unspecified atom stereocenters. The number of hydrogen-bond acceptors (Lipinski definition) is 5. The van der Waals surface area contributed by atoms with Crippen molar-refractivity contribution in [2.45, 2.75) is 58.3 Å². The van der Waals surface area contributed by atoms with Crippen molar-refractivity contribution >= 4 is 27.3 Å². The van der Waals surface area contributed by atoms with Crippen LogP contribution in [0.25, 0.3) is 0 Å². The van der Waals surface area contributed by atoms with Crippen molar-refractivity contribution in [1.29, 1.82) is 0 Å². The average molecular weight is 486 g/mol. The Morgan fingerprint density at radius 1 is 1.12 bits per heavy atom. The first kappa shape index (κ1) is 25.7. The van der Waals surface area contributed by atoms with E-state index in [1.807, 2.05) is 6.92 Å². The third-order valence-corrected chi connectivity index (χ3v) is 8.15. The second-order valence-electron chi connectivity index (χ2n) is 9.88. The number of methoxy groups -OCH3 is 1. The largest absolute Gasteiger partial charge is 0.497 e. The number of amides is 1. The van der Waals surface area contributed by atoms with Gasteiger partial charge in [-0.3, -0.25) is 9.10 Å². The van der Waals surface area contributed by atoms with Gasteiger partial charge < -0.3 is 4.74 Å². The van der Waals surface area contributed by atoms with Gasteiger partial charge in [0.1, 0.15) is 12.3 Å². The van der Waals surface area contributed by atoms with Gasteiger partial charge in [-0.15, -0.1) is 0 Å². The number of benzene rings is 2. The van der Waals surface area contributed by atoms with Crippen LogP contribution in [0.1, 0.15) is 52.0 Å². The van der Waals surface area contributed by atoms with E-state index in [0.29, 0.717) is 17.4 Å². The van der Waals surface area contributed by atoms with Crippen molar-refractivity contribution in [2.75, 3.05) is 18.0 Å². The molecular weight excluding hydrogens is 450 g/mol. The van der Waals surface area contributed by atoms with Crippen molar-refractivity contribution in [2.24, 2.45) is 16.4 Å². The van der Waals surface area contributed by atoms with Crippen LogP contribution in [-0.4, -0.2) is 33.7 Å². The van der Waals surface area contributed by atoms with Crippen molar-refractivity contribution in [3.63, 3.8) is 0 Å². The molecule has 8 heteroatoms. The quantitative estimate of drug-likeness (QED) is 0.565. The molecule has 1 aliphatic rings. The van der Waals surface area contributed by atoms with Crippen LogP contribution in [-0.2, 0) is 14.8 Å². The normalized spacial score (nSPS) is 16.6. The number of rotatable bonds is 7. The minimum atomic E-state index is -3.99. The number of sulfonamides is 1. The van der Waals surface area contributed by atoms with Crippen LogP contribution in [0, 0.1) is 18.3 Å². The van der Waals surface area contributed by atoms with E-state index >= 15 is 0 Å². The summed E-state index contributed by atoms with van der Waals surface area (Å²) in [6.07, 6.45) is 3.75. The van der Waals surface area contributed by atoms with E-state index in [1.54, 1.807) is 48.5 Å². The van der Waals surface area contributed by atoms with E-state index in [-0.39, 0.29) is 10.3 Å². The zero-order valence-electron chi connectivity index (χ0n) is 20.7. The zero-order chi connectivity index (χ0) is 24.9. The van der Waals surface area contributed by atoms with Gasteiger partial charge in [-0.05, 0) is 68.2 Å². The molecule has 0 aliphatic heterocycles. The summed E-state index contributed by atoms with van der Waals surface area (Å²) in [4.78, 5) is 12.9. The standard InChI is InChI=1S/C26H35N3O4S/c1-19-9-15-24(16-10-19)34(31,32)29(22-7-6-8-23(17-22)33-5)18-25(30)28-27-21-13-11-20(12-14-21)26(2,3)4/h6-10,15-17,20H,11-14,18H2,1-5H3,(H,28,30). The minimum Gasteiger partial charge on any atom is -0.497 e. The highest BCUT2D eigenvalue weighted by Gasteiger charge is 2.29. The highest BCUT2D eigenvalue weighted by molar-refractivity contribution is 7.92. The monoisotopic (exact) mass is 485 g/mol. The Hall–Kier alpha value is -2.87. The average Bonchev–Trinajstić information content (AvgIpc) is 2.81. The van der Waals surface area contributed by atoms with Crippen LogP contribution in [0.4, 0.5) is 5.69 Å². The minimum absolute atomic E-state index is 0.112. The number of ether oxygens (including phenoxy) is 1. The van der Waals surface area contributed by atoms with E-state index in [4.69, 9.17) is 4.74 Å². The number of hydrazone groups is 1. The second-order valence-corrected chi connectivity index (χ2v) is 11.7. The van der Waals surface area contributed by atoms with E-state index < -0.39 is 22.5 Å². The van der Waals surface area contributed by atoms with Crippen molar-refractivity contribution < 1.29 is 17.9 Å². The van der Waals surface area contributed by atoms with Gasteiger partial charge in [0.15, 0.2) is 0 Å². The van der Waals surface area contributed by atoms with Gasteiger partial charge in [0.25, 0.3) is 15.9 Å². The van der Waals surface area contributed by atoms with Gasteiger partial charge in [-0.25, -0.2) is 13.8 Å². The van der Waals surface area contributed by atoms with Gasteiger partial charge in [-0.2, -0.15) is 5.10 Å². The molecule has 0 aromatic heterocycles. The predicted molar refractivity (Wildman–Crippen MR) is 136 cm³/mol. The first-order chi connectivity index (χ1) is 16.0. The Balaban J connectivity index is 1.79. The fourth-order valence-corrected chi connectivity index (χ4v) is 5.57. The molecule has 1 fully saturated rings. The number of carbonyl (C=O) groups excluding carboxylic acids is 1. The third-order valence-electron chi connectivity index (χ3n) is 6.36. The molecular formula is C26H35N3O4S. The first-order valence-electron chi connectivity index (χ1n) is 11.6. The van der Waals surface area contributed by atoms with Crippen LogP contribution in [0.3, 0.4) is 0 Å². The summed E-state index contributed by atoms with van der Waals surface area (Å²) < 4.78 is 33.3. The highest BCUT2D eigenvalue weighted by Crippen LogP contribution is 2.36. The maximum Gasteiger partial charge on any atom is 0.264 e. The van der Waals surface area contributed by atoms with Crippen molar-refractivity contribution in [3.05, 3.63) is 54.1 Å². The summed E-state index contributed by atoms with van der Waals surface area (Å²) in [5, 5.41) is 4.32. The highest BCUT2D eigenvalue weighted by atomic mass is 32.2. The lowest BCUT2D eigenvalue weighted by molar-refractivity contribution is -0.119. The second kappa shape index (κ2) is 10.6. The Bertz CT molecular complexity index is 1130. The fourth-order valence-electron chi connectivity index (χ4n) is 4.15. The molecule has 0 spiro atoms. The van der Waals surface area contributed by atoms with Gasteiger partial charge in [0.05, 0.1) is 17.7 Å². The smallest absolute Gasteiger partial charge is 0.264 e. The summed E-state index contributed by atoms with van der Waals surface area (Å²) in [5.41, 5.74) is 5.07. The van der Waals surface area contributed by atoms with E-state index in [1.165, 1.54) is 7.11 Å². The molecule has 1 N–H and O–H groups in total. The van der Waals surface area contributed by atoms with Gasteiger partial charge in [0.2, 0.25) is 0 Å². The number of nitrogens with zero attached hydrogens (tertiary/aromatic N) is 2. The maximum atomic E-state index is 13.5. The number of aryl methyl sites for hydroxylation is 1. The van der Waals surface area contributed by atoms with Gasteiger partial charge in [0, 0.05) is 11.8 Å². The Labute approximate surface area is 203 Å². The first-order valence-corrected chi connectivity index (χ1v) is 13.0. The Kier molecular flexibility index (Phi) is 8.02. The number of hydrogen-bond donors (Lipinski definition) is 1. The maximum absolute atomic E-state index is 13.5. The number of carbonyl (C=O) groups is 1. The molecule has 3 rings (SSSR count). The lowest BCUT2D eigenvalue weighted by Crippen LogP contribution is -2.40. The topological polar surface area (TPSA) is 88.1 Å². The molecule has 0 bridgehead atoms. The molecule has 0 saturated heterocycles. The fraction of sp³-hybridized carbons (Fsp3) is 0.462. The van der Waals surface area contributed by atoms with E-state index in [0.717, 1.165) is 41.3 Å². The Morgan fingerprint density at radius 2 is 1.76 bits per heavy atom. The van der Waals surface area contributed by atoms with Crippen LogP contribution in [0.5, 0.6) is 5.75 Å². The van der Waals surface area contributed by atoms with Crippen LogP contribution >= 0.6 is 0 Å². The van der Waals surface area contributed by atoms with Gasteiger partial charge >= 0.3 is 0 Å². The van der Waals surface area contributed by atoms with Crippen LogP contribution < -0.4 is 14.5 Å². The summed E-state index contributed by atoms with van der Waals surface area (Å²) in [5.74, 6) is 0.632. The van der Waals surface area contributed by atoms with Crippen LogP contribution in [0.2, 0.25) is 0 Å². The summed E-state index contributed by atoms with van der Waals surface area (Å²) in [6, 6.07) is 13.2. The Morgan fingerprint density at radius 3 is 2.35 bits per heavy atom. The lowest BCUT2D eigenvalue weighted by Gasteiger charge is -2.34. The molecule has 1 aliphatic carbocycles. The molecule has 2 aromatic carbocycles. The van der Waals surface area contributed by atoms with Crippen molar-refractivity contribution in [1.82, 2.24) is 5.43 Å². The number of anilines is 1. The van der Waals surface area contributed by atoms with E-state index in [2.05, 4.69) is 31.3 Å². The molecule has 184 valence electrons. The molecule has 1 amide bonds. The number of nitrogens with one attached hydrogen (secondary N) is 1. The molecule has 34 heavy (non-hydrogen) atoms. The van der Waals surface area contributed by atoms with E-state index in [9.17, 15) is 13.2 Å². The van der Waals surface area contributed by atoms with Crippen LogP contribution in [0.15, 0.2) is 58.5 Å². The molecule has 0 heterocycles. The zero-order valence-corrected chi connectivity index (χ0v) is 21.5. The summed E-state index contributed by atoms with van der Waals surface area (Å²) >= 11 is 0. The summed E-state index contributed by atoms with van der Waals surface area (Å²) in [7, 11) is -2.48. The molecule has 0 atom stereocenters. The molecule has 1 saturated carbocycles. The molecule has 7 nitrogen and oxygen atoms in total. The SMILES string of the molecule is COc1cccc(N(CC(=O)NN=C2CCC(C(C)(C)C)CC2)S(=O)(=O)c2ccc(C)cc2)c1. The lowest BCUT2D eigenvalue weighted by atomic mass is 9.72. The van der Waals surface area contributed by atoms with Gasteiger partial charge in [-0.1, -0.05) is 44.5 Å². The molecule has 2 aromatic rings. The van der Waals surface area contributed by atoms with Crippen molar-refractivity contribution in [3.8, 4) is 5.75 Å². The molecule has 0 radical (unpaired) electrons. The summed E-state index contributed by atoms with van der Waals surface area (Å²) in [6.45, 7) is 8.25. The predicted octanol–water partition coefficient (Wildman–Crippen LogP) is 4.91. The third kappa shape index (κ3) is 6.38.